The second kappa shape index (κ2) is 8.77. The van der Waals surface area contributed by atoms with Gasteiger partial charge in [0.05, 0.1) is 12.7 Å². The molecule has 0 aliphatic heterocycles. The van der Waals surface area contributed by atoms with E-state index >= 15 is 0 Å². The highest BCUT2D eigenvalue weighted by Crippen LogP contribution is 2.25. The lowest BCUT2D eigenvalue weighted by Gasteiger charge is -2.32. The SMILES string of the molecule is CCNC(CCOC(C)COC)(C(N)=O)c1ccccc1. The summed E-state index contributed by atoms with van der Waals surface area (Å²) in [6.45, 7) is 5.48. The van der Waals surface area contributed by atoms with Gasteiger partial charge in [-0.1, -0.05) is 37.3 Å². The summed E-state index contributed by atoms with van der Waals surface area (Å²) in [5, 5.41) is 3.23. The average molecular weight is 294 g/mol. The summed E-state index contributed by atoms with van der Waals surface area (Å²) >= 11 is 0. The molecule has 3 N–H and O–H groups in total. The van der Waals surface area contributed by atoms with E-state index in [9.17, 15) is 4.79 Å². The van der Waals surface area contributed by atoms with Gasteiger partial charge in [0.1, 0.15) is 5.54 Å². The number of nitrogens with one attached hydrogen (secondary N) is 1. The van der Waals surface area contributed by atoms with Gasteiger partial charge in [-0.2, -0.15) is 0 Å². The number of nitrogens with two attached hydrogens (primary N) is 1. The number of carbonyl (C=O) groups excluding carboxylic acids is 1. The van der Waals surface area contributed by atoms with E-state index in [-0.39, 0.29) is 6.10 Å². The molecule has 21 heavy (non-hydrogen) atoms. The molecule has 118 valence electrons. The molecule has 0 fully saturated rings. The Kier molecular flexibility index (Phi) is 7.36. The number of ether oxygens (including phenoxy) is 2. The zero-order valence-electron chi connectivity index (χ0n) is 13.1. The topological polar surface area (TPSA) is 73.6 Å². The van der Waals surface area contributed by atoms with E-state index < -0.39 is 11.4 Å². The number of methoxy groups -OCH3 is 1. The molecule has 5 nitrogen and oxygen atoms in total. The number of rotatable bonds is 10. The first kappa shape index (κ1) is 17.6. The molecule has 0 saturated heterocycles. The van der Waals surface area contributed by atoms with Gasteiger partial charge in [0.15, 0.2) is 0 Å². The van der Waals surface area contributed by atoms with Gasteiger partial charge in [0.2, 0.25) is 5.91 Å². The van der Waals surface area contributed by atoms with Crippen molar-refractivity contribution in [2.75, 3.05) is 26.9 Å². The number of hydrogen-bond acceptors (Lipinski definition) is 4. The van der Waals surface area contributed by atoms with E-state index in [2.05, 4.69) is 5.32 Å². The van der Waals surface area contributed by atoms with Gasteiger partial charge in [-0.05, 0) is 19.0 Å². The zero-order valence-corrected chi connectivity index (χ0v) is 13.1. The first-order valence-corrected chi connectivity index (χ1v) is 7.27. The molecule has 1 rings (SSSR count). The summed E-state index contributed by atoms with van der Waals surface area (Å²) in [5.41, 5.74) is 5.65. The summed E-state index contributed by atoms with van der Waals surface area (Å²) < 4.78 is 10.7. The van der Waals surface area contributed by atoms with E-state index in [4.69, 9.17) is 15.2 Å². The lowest BCUT2D eigenvalue weighted by molar-refractivity contribution is -0.126. The maximum atomic E-state index is 12.1. The van der Waals surface area contributed by atoms with Gasteiger partial charge in [-0.3, -0.25) is 10.1 Å². The zero-order chi connectivity index (χ0) is 15.7. The first-order valence-electron chi connectivity index (χ1n) is 7.27. The van der Waals surface area contributed by atoms with Crippen molar-refractivity contribution < 1.29 is 14.3 Å². The van der Waals surface area contributed by atoms with Crippen LogP contribution < -0.4 is 11.1 Å². The Hall–Kier alpha value is -1.43. The molecule has 0 saturated carbocycles. The van der Waals surface area contributed by atoms with Crippen LogP contribution in [0.25, 0.3) is 0 Å². The minimum Gasteiger partial charge on any atom is -0.382 e. The maximum Gasteiger partial charge on any atom is 0.242 e. The van der Waals surface area contributed by atoms with Crippen LogP contribution in [0.15, 0.2) is 30.3 Å². The minimum absolute atomic E-state index is 0.0158. The van der Waals surface area contributed by atoms with Crippen LogP contribution in [0, 0.1) is 0 Å². The molecular formula is C16H26N2O3. The molecular weight excluding hydrogens is 268 g/mol. The molecule has 0 radical (unpaired) electrons. The molecule has 0 bridgehead atoms. The normalized spacial score (nSPS) is 15.4. The van der Waals surface area contributed by atoms with Crippen molar-refractivity contribution in [3.05, 3.63) is 35.9 Å². The lowest BCUT2D eigenvalue weighted by Crippen LogP contribution is -2.53. The van der Waals surface area contributed by atoms with Crippen LogP contribution in [0.1, 0.15) is 25.8 Å². The Bertz CT molecular complexity index is 425. The predicted octanol–water partition coefficient (Wildman–Crippen LogP) is 1.42. The molecule has 0 aliphatic rings. The molecule has 1 aromatic rings. The summed E-state index contributed by atoms with van der Waals surface area (Å²) in [4.78, 5) is 12.1. The van der Waals surface area contributed by atoms with Crippen LogP contribution >= 0.6 is 0 Å². The monoisotopic (exact) mass is 294 g/mol. The predicted molar refractivity (Wildman–Crippen MR) is 82.9 cm³/mol. The Morgan fingerprint density at radius 2 is 2.05 bits per heavy atom. The van der Waals surface area contributed by atoms with E-state index in [1.54, 1.807) is 7.11 Å². The lowest BCUT2D eigenvalue weighted by atomic mass is 9.86. The third-order valence-corrected chi connectivity index (χ3v) is 3.45. The Balaban J connectivity index is 2.84. The number of benzene rings is 1. The van der Waals surface area contributed by atoms with Crippen LogP contribution in [-0.2, 0) is 19.8 Å². The van der Waals surface area contributed by atoms with Gasteiger partial charge >= 0.3 is 0 Å². The number of carbonyl (C=O) groups is 1. The van der Waals surface area contributed by atoms with Crippen molar-refractivity contribution in [3.63, 3.8) is 0 Å². The number of hydrogen-bond donors (Lipinski definition) is 2. The highest BCUT2D eigenvalue weighted by Gasteiger charge is 2.37. The van der Waals surface area contributed by atoms with Crippen molar-refractivity contribution in [2.45, 2.75) is 31.9 Å². The van der Waals surface area contributed by atoms with Crippen molar-refractivity contribution in [3.8, 4) is 0 Å². The fraction of sp³-hybridized carbons (Fsp3) is 0.562. The van der Waals surface area contributed by atoms with Gasteiger partial charge in [0, 0.05) is 20.1 Å². The third-order valence-electron chi connectivity index (χ3n) is 3.45. The Labute approximate surface area is 126 Å². The van der Waals surface area contributed by atoms with Crippen LogP contribution in [0.3, 0.4) is 0 Å². The van der Waals surface area contributed by atoms with Crippen LogP contribution in [0.2, 0.25) is 0 Å². The summed E-state index contributed by atoms with van der Waals surface area (Å²) in [6.07, 6.45) is 0.465. The van der Waals surface area contributed by atoms with Gasteiger partial charge in [-0.25, -0.2) is 0 Å². The molecule has 0 aromatic heterocycles. The van der Waals surface area contributed by atoms with Crippen molar-refractivity contribution >= 4 is 5.91 Å². The number of primary amides is 1. The van der Waals surface area contributed by atoms with Crippen molar-refractivity contribution in [1.29, 1.82) is 0 Å². The molecule has 2 atom stereocenters. The van der Waals surface area contributed by atoms with E-state index in [0.717, 1.165) is 5.56 Å². The standard InChI is InChI=1S/C16H26N2O3/c1-4-18-16(15(17)19,14-8-6-5-7-9-14)10-11-21-13(2)12-20-3/h5-9,13,18H,4,10-12H2,1-3H3,(H2,17,19). The Morgan fingerprint density at radius 3 is 2.57 bits per heavy atom. The largest absolute Gasteiger partial charge is 0.382 e. The van der Waals surface area contributed by atoms with Crippen LogP contribution in [0.5, 0.6) is 0 Å². The average Bonchev–Trinajstić information content (AvgIpc) is 2.47. The second-order valence-corrected chi connectivity index (χ2v) is 5.05. The maximum absolute atomic E-state index is 12.1. The molecule has 0 heterocycles. The van der Waals surface area contributed by atoms with Crippen LogP contribution in [-0.4, -0.2) is 38.9 Å². The van der Waals surface area contributed by atoms with Crippen molar-refractivity contribution in [2.24, 2.45) is 5.73 Å². The van der Waals surface area contributed by atoms with E-state index in [0.29, 0.717) is 26.2 Å². The molecule has 0 aliphatic carbocycles. The fourth-order valence-corrected chi connectivity index (χ4v) is 2.41. The highest BCUT2D eigenvalue weighted by molar-refractivity contribution is 5.86. The van der Waals surface area contributed by atoms with Crippen molar-refractivity contribution in [1.82, 2.24) is 5.32 Å². The van der Waals surface area contributed by atoms with Gasteiger partial charge in [0.25, 0.3) is 0 Å². The molecule has 5 heteroatoms. The Morgan fingerprint density at radius 1 is 1.38 bits per heavy atom. The summed E-state index contributed by atoms with van der Waals surface area (Å²) in [5.74, 6) is -0.390. The second-order valence-electron chi connectivity index (χ2n) is 5.05. The number of amides is 1. The quantitative estimate of drug-likeness (QED) is 0.684. The number of likely N-dealkylation sites (N-methyl/N-ethyl adjacent to an activating group) is 1. The van der Waals surface area contributed by atoms with Crippen LogP contribution in [0.4, 0.5) is 0 Å². The summed E-state index contributed by atoms with van der Waals surface area (Å²) in [6, 6.07) is 9.54. The molecule has 1 amide bonds. The van der Waals surface area contributed by atoms with E-state index in [1.165, 1.54) is 0 Å². The first-order chi connectivity index (χ1) is 10.1. The van der Waals surface area contributed by atoms with Gasteiger partial charge in [-0.15, -0.1) is 0 Å². The molecule has 2 unspecified atom stereocenters. The fourth-order valence-electron chi connectivity index (χ4n) is 2.41. The third kappa shape index (κ3) is 4.81. The minimum atomic E-state index is -0.900. The summed E-state index contributed by atoms with van der Waals surface area (Å²) in [7, 11) is 1.64. The highest BCUT2D eigenvalue weighted by atomic mass is 16.5. The van der Waals surface area contributed by atoms with E-state index in [1.807, 2.05) is 44.2 Å². The molecule has 0 spiro atoms. The molecule has 1 aromatic carbocycles. The van der Waals surface area contributed by atoms with Gasteiger partial charge < -0.3 is 15.2 Å². The smallest absolute Gasteiger partial charge is 0.242 e.